The van der Waals surface area contributed by atoms with Crippen molar-refractivity contribution in [1.82, 2.24) is 5.32 Å². The van der Waals surface area contributed by atoms with E-state index in [0.29, 0.717) is 5.56 Å². The first-order chi connectivity index (χ1) is 9.14. The van der Waals surface area contributed by atoms with Gasteiger partial charge < -0.3 is 5.32 Å². The third-order valence-electron chi connectivity index (χ3n) is 2.51. The van der Waals surface area contributed by atoms with E-state index in [1.165, 1.54) is 12.1 Å². The van der Waals surface area contributed by atoms with Crippen molar-refractivity contribution in [2.75, 3.05) is 6.54 Å². The van der Waals surface area contributed by atoms with Gasteiger partial charge in [-0.25, -0.2) is 0 Å². The molecule has 8 heteroatoms. The fourth-order valence-corrected chi connectivity index (χ4v) is 1.41. The molecule has 0 spiro atoms. The van der Waals surface area contributed by atoms with Crippen LogP contribution in [0.5, 0.6) is 0 Å². The third-order valence-corrected chi connectivity index (χ3v) is 2.51. The third kappa shape index (κ3) is 4.74. The molecule has 1 aromatic rings. The van der Waals surface area contributed by atoms with Crippen molar-refractivity contribution >= 4 is 0 Å². The normalized spacial score (nSPS) is 13.8. The summed E-state index contributed by atoms with van der Waals surface area (Å²) < 4.78 is 73.6. The molecule has 0 bridgehead atoms. The van der Waals surface area contributed by atoms with Crippen LogP contribution in [0.4, 0.5) is 26.3 Å². The first-order valence-corrected chi connectivity index (χ1v) is 5.48. The van der Waals surface area contributed by atoms with Gasteiger partial charge in [-0.3, -0.25) is 0 Å². The van der Waals surface area contributed by atoms with E-state index in [1.807, 2.05) is 0 Å². The fraction of sp³-hybridized carbons (Fsp3) is 0.417. The molecule has 0 saturated carbocycles. The van der Waals surface area contributed by atoms with E-state index in [4.69, 9.17) is 5.26 Å². The molecule has 0 aromatic heterocycles. The Labute approximate surface area is 111 Å². The van der Waals surface area contributed by atoms with Gasteiger partial charge in [0.25, 0.3) is 0 Å². The quantitative estimate of drug-likeness (QED) is 0.863. The van der Waals surface area contributed by atoms with Crippen molar-refractivity contribution in [2.24, 2.45) is 5.92 Å². The summed E-state index contributed by atoms with van der Waals surface area (Å²) in [6.07, 6.45) is -9.07. The predicted octanol–water partition coefficient (Wildman–Crippen LogP) is 3.50. The number of halogens is 6. The Morgan fingerprint density at radius 3 is 2.00 bits per heavy atom. The molecule has 1 unspecified atom stereocenters. The Balaban J connectivity index is 2.53. The zero-order valence-corrected chi connectivity index (χ0v) is 10.0. The van der Waals surface area contributed by atoms with E-state index in [0.717, 1.165) is 18.2 Å². The van der Waals surface area contributed by atoms with Crippen LogP contribution in [-0.2, 0) is 12.7 Å². The standard InChI is InChI=1S/C12H10F6N2/c13-11(14,15)9-3-1-8(2-4-9)6-20-7-10(5-19)12(16,17)18/h1-4,10,20H,6-7H2. The van der Waals surface area contributed by atoms with Crippen LogP contribution in [0, 0.1) is 17.2 Å². The van der Waals surface area contributed by atoms with Gasteiger partial charge in [0.15, 0.2) is 5.92 Å². The molecule has 0 fully saturated rings. The highest BCUT2D eigenvalue weighted by Crippen LogP contribution is 2.29. The zero-order valence-electron chi connectivity index (χ0n) is 10.0. The van der Waals surface area contributed by atoms with Crippen LogP contribution in [0.25, 0.3) is 0 Å². The molecule has 2 nitrogen and oxygen atoms in total. The minimum Gasteiger partial charge on any atom is -0.311 e. The molecule has 1 rings (SSSR count). The number of nitrogens with one attached hydrogen (secondary N) is 1. The van der Waals surface area contributed by atoms with Gasteiger partial charge in [-0.15, -0.1) is 0 Å². The molecular formula is C12H10F6N2. The Morgan fingerprint density at radius 1 is 1.05 bits per heavy atom. The summed E-state index contributed by atoms with van der Waals surface area (Å²) in [5, 5.41) is 10.7. The molecule has 0 radical (unpaired) electrons. The molecule has 0 heterocycles. The van der Waals surface area contributed by atoms with Gasteiger partial charge in [0.1, 0.15) is 0 Å². The van der Waals surface area contributed by atoms with Crippen molar-refractivity contribution in [3.8, 4) is 6.07 Å². The van der Waals surface area contributed by atoms with Gasteiger partial charge in [0.2, 0.25) is 0 Å². The van der Waals surface area contributed by atoms with Crippen LogP contribution in [0.2, 0.25) is 0 Å². The lowest BCUT2D eigenvalue weighted by molar-refractivity contribution is -0.157. The van der Waals surface area contributed by atoms with Crippen LogP contribution in [0.15, 0.2) is 24.3 Å². The lowest BCUT2D eigenvalue weighted by Gasteiger charge is -2.14. The largest absolute Gasteiger partial charge is 0.416 e. The first-order valence-electron chi connectivity index (χ1n) is 5.48. The maximum Gasteiger partial charge on any atom is 0.416 e. The van der Waals surface area contributed by atoms with Gasteiger partial charge in [-0.05, 0) is 17.7 Å². The van der Waals surface area contributed by atoms with E-state index in [2.05, 4.69) is 5.32 Å². The Morgan fingerprint density at radius 2 is 1.60 bits per heavy atom. The summed E-state index contributed by atoms with van der Waals surface area (Å²) in [5.74, 6) is -2.14. The maximum absolute atomic E-state index is 12.3. The summed E-state index contributed by atoms with van der Waals surface area (Å²) in [7, 11) is 0. The molecule has 0 amide bonds. The molecule has 0 aliphatic rings. The minimum atomic E-state index is -4.62. The number of alkyl halides is 6. The van der Waals surface area contributed by atoms with Gasteiger partial charge in [0, 0.05) is 13.1 Å². The van der Waals surface area contributed by atoms with Crippen LogP contribution < -0.4 is 5.32 Å². The van der Waals surface area contributed by atoms with E-state index >= 15 is 0 Å². The van der Waals surface area contributed by atoms with E-state index in [9.17, 15) is 26.3 Å². The number of rotatable bonds is 4. The monoisotopic (exact) mass is 296 g/mol. The Kier molecular flexibility index (Phi) is 5.00. The van der Waals surface area contributed by atoms with E-state index < -0.39 is 30.4 Å². The van der Waals surface area contributed by atoms with E-state index in [-0.39, 0.29) is 6.54 Å². The average molecular weight is 296 g/mol. The number of nitrogens with zero attached hydrogens (tertiary/aromatic N) is 1. The summed E-state index contributed by atoms with van der Waals surface area (Å²) in [6.45, 7) is -0.659. The highest BCUT2D eigenvalue weighted by atomic mass is 19.4. The van der Waals surface area contributed by atoms with Gasteiger partial charge in [-0.1, -0.05) is 12.1 Å². The maximum atomic E-state index is 12.3. The van der Waals surface area contributed by atoms with Gasteiger partial charge in [0.05, 0.1) is 11.6 Å². The highest BCUT2D eigenvalue weighted by Gasteiger charge is 2.39. The van der Waals surface area contributed by atoms with Crippen molar-refractivity contribution in [1.29, 1.82) is 5.26 Å². The van der Waals surface area contributed by atoms with Crippen molar-refractivity contribution in [3.63, 3.8) is 0 Å². The first kappa shape index (κ1) is 16.3. The van der Waals surface area contributed by atoms with Crippen molar-refractivity contribution in [3.05, 3.63) is 35.4 Å². The van der Waals surface area contributed by atoms with Gasteiger partial charge in [-0.2, -0.15) is 31.6 Å². The van der Waals surface area contributed by atoms with E-state index in [1.54, 1.807) is 0 Å². The molecule has 1 aromatic carbocycles. The summed E-state index contributed by atoms with van der Waals surface area (Å²) in [6, 6.07) is 5.16. The topological polar surface area (TPSA) is 35.8 Å². The molecular weight excluding hydrogens is 286 g/mol. The number of nitriles is 1. The molecule has 1 atom stereocenters. The molecule has 0 aliphatic carbocycles. The Hall–Kier alpha value is -1.75. The second kappa shape index (κ2) is 6.13. The smallest absolute Gasteiger partial charge is 0.311 e. The lowest BCUT2D eigenvalue weighted by atomic mass is 10.1. The summed E-state index contributed by atoms with van der Waals surface area (Å²) in [5.41, 5.74) is -0.427. The average Bonchev–Trinajstić information content (AvgIpc) is 2.32. The minimum absolute atomic E-state index is 0.0492. The van der Waals surface area contributed by atoms with Crippen molar-refractivity contribution in [2.45, 2.75) is 18.9 Å². The number of hydrogen-bond donors (Lipinski definition) is 1. The lowest BCUT2D eigenvalue weighted by Crippen LogP contribution is -2.32. The SMILES string of the molecule is N#CC(CNCc1ccc(C(F)(F)F)cc1)C(F)(F)F. The highest BCUT2D eigenvalue weighted by molar-refractivity contribution is 5.24. The number of benzene rings is 1. The van der Waals surface area contributed by atoms with Crippen LogP contribution >= 0.6 is 0 Å². The second-order valence-corrected chi connectivity index (χ2v) is 4.05. The number of hydrogen-bond acceptors (Lipinski definition) is 2. The van der Waals surface area contributed by atoms with Crippen LogP contribution in [0.3, 0.4) is 0 Å². The fourth-order valence-electron chi connectivity index (χ4n) is 1.41. The molecule has 1 N–H and O–H groups in total. The Bertz CT molecular complexity index is 469. The molecule has 20 heavy (non-hydrogen) atoms. The van der Waals surface area contributed by atoms with Crippen LogP contribution in [-0.4, -0.2) is 12.7 Å². The van der Waals surface area contributed by atoms with Crippen molar-refractivity contribution < 1.29 is 26.3 Å². The predicted molar refractivity (Wildman–Crippen MR) is 58.3 cm³/mol. The second-order valence-electron chi connectivity index (χ2n) is 4.05. The summed E-state index contributed by atoms with van der Waals surface area (Å²) in [4.78, 5) is 0. The molecule has 0 aliphatic heterocycles. The molecule has 0 saturated heterocycles. The molecule has 110 valence electrons. The van der Waals surface area contributed by atoms with Crippen LogP contribution in [0.1, 0.15) is 11.1 Å². The zero-order chi connectivity index (χ0) is 15.4. The summed E-state index contributed by atoms with van der Waals surface area (Å²) >= 11 is 0. The van der Waals surface area contributed by atoms with Gasteiger partial charge >= 0.3 is 12.4 Å².